The summed E-state index contributed by atoms with van der Waals surface area (Å²) in [7, 11) is 1.86. The van der Waals surface area contributed by atoms with Crippen molar-refractivity contribution in [1.29, 1.82) is 0 Å². The largest absolute Gasteiger partial charge is 0.356 e. The minimum Gasteiger partial charge on any atom is -0.356 e. The second-order valence-corrected chi connectivity index (χ2v) is 6.72. The summed E-state index contributed by atoms with van der Waals surface area (Å²) in [6, 6.07) is 0. The maximum absolute atomic E-state index is 4.32. The molecule has 22 heavy (non-hydrogen) atoms. The summed E-state index contributed by atoms with van der Waals surface area (Å²) >= 11 is 0. The lowest BCUT2D eigenvalue weighted by Gasteiger charge is -2.17. The Hall–Kier alpha value is -0.0400. The van der Waals surface area contributed by atoms with E-state index >= 15 is 0 Å². The SMILES string of the molecule is CCCN1CCC(CNC(=NC)NCCCCC(C)C)C1.I. The number of likely N-dealkylation sites (tertiary alicyclic amines) is 1. The van der Waals surface area contributed by atoms with E-state index in [4.69, 9.17) is 0 Å². The van der Waals surface area contributed by atoms with Crippen molar-refractivity contribution in [3.63, 3.8) is 0 Å². The van der Waals surface area contributed by atoms with Crippen molar-refractivity contribution in [3.8, 4) is 0 Å². The highest BCUT2D eigenvalue weighted by Crippen LogP contribution is 2.15. The van der Waals surface area contributed by atoms with Crippen LogP contribution in [0.25, 0.3) is 0 Å². The van der Waals surface area contributed by atoms with E-state index < -0.39 is 0 Å². The smallest absolute Gasteiger partial charge is 0.190 e. The van der Waals surface area contributed by atoms with Gasteiger partial charge in [0.25, 0.3) is 0 Å². The van der Waals surface area contributed by atoms with Crippen molar-refractivity contribution < 1.29 is 0 Å². The molecule has 0 bridgehead atoms. The summed E-state index contributed by atoms with van der Waals surface area (Å²) in [5, 5.41) is 6.91. The molecule has 5 heteroatoms. The molecule has 0 aromatic rings. The molecule has 0 spiro atoms. The Labute approximate surface area is 154 Å². The van der Waals surface area contributed by atoms with Crippen LogP contribution in [0.4, 0.5) is 0 Å². The minimum atomic E-state index is 0. The molecule has 0 radical (unpaired) electrons. The van der Waals surface area contributed by atoms with E-state index in [0.717, 1.165) is 30.9 Å². The Balaban J connectivity index is 0.00000441. The van der Waals surface area contributed by atoms with Gasteiger partial charge in [0.1, 0.15) is 0 Å². The van der Waals surface area contributed by atoms with E-state index in [1.165, 1.54) is 51.7 Å². The minimum absolute atomic E-state index is 0. The lowest BCUT2D eigenvalue weighted by molar-refractivity contribution is 0.324. The summed E-state index contributed by atoms with van der Waals surface area (Å²) < 4.78 is 0. The van der Waals surface area contributed by atoms with Crippen molar-refractivity contribution in [2.75, 3.05) is 39.8 Å². The van der Waals surface area contributed by atoms with Crippen LogP contribution < -0.4 is 10.6 Å². The van der Waals surface area contributed by atoms with Crippen LogP contribution in [0.3, 0.4) is 0 Å². The van der Waals surface area contributed by atoms with Crippen molar-refractivity contribution >= 4 is 29.9 Å². The standard InChI is InChI=1S/C17H36N4.HI/c1-5-11-21-12-9-16(14-21)13-20-17(18-4)19-10-7-6-8-15(2)3;/h15-16H,5-14H2,1-4H3,(H2,18,19,20);1H. The van der Waals surface area contributed by atoms with Crippen LogP contribution in [0.1, 0.15) is 52.9 Å². The third-order valence-corrected chi connectivity index (χ3v) is 4.19. The van der Waals surface area contributed by atoms with Gasteiger partial charge in [0.05, 0.1) is 0 Å². The van der Waals surface area contributed by atoms with Gasteiger partial charge in [-0.2, -0.15) is 0 Å². The van der Waals surface area contributed by atoms with E-state index in [1.807, 2.05) is 7.05 Å². The number of unbranched alkanes of at least 4 members (excludes halogenated alkanes) is 1. The molecule has 132 valence electrons. The highest BCUT2D eigenvalue weighted by atomic mass is 127. The molecule has 1 unspecified atom stereocenters. The van der Waals surface area contributed by atoms with Crippen molar-refractivity contribution in [3.05, 3.63) is 0 Å². The van der Waals surface area contributed by atoms with Gasteiger partial charge < -0.3 is 15.5 Å². The molecule has 0 saturated carbocycles. The second kappa shape index (κ2) is 13.4. The van der Waals surface area contributed by atoms with Crippen LogP contribution in [-0.2, 0) is 0 Å². The van der Waals surface area contributed by atoms with Crippen molar-refractivity contribution in [2.45, 2.75) is 52.9 Å². The number of rotatable bonds is 9. The monoisotopic (exact) mass is 424 g/mol. The lowest BCUT2D eigenvalue weighted by Crippen LogP contribution is -2.40. The van der Waals surface area contributed by atoms with Gasteiger partial charge in [0, 0.05) is 26.7 Å². The predicted octanol–water partition coefficient (Wildman–Crippen LogP) is 3.33. The van der Waals surface area contributed by atoms with E-state index in [-0.39, 0.29) is 24.0 Å². The first-order valence-corrected chi connectivity index (χ1v) is 8.82. The molecule has 1 fully saturated rings. The number of hydrogen-bond acceptors (Lipinski definition) is 2. The molecule has 2 N–H and O–H groups in total. The summed E-state index contributed by atoms with van der Waals surface area (Å²) in [6.07, 6.45) is 6.43. The van der Waals surface area contributed by atoms with Gasteiger partial charge in [-0.1, -0.05) is 33.6 Å². The van der Waals surface area contributed by atoms with Crippen LogP contribution >= 0.6 is 24.0 Å². The maximum atomic E-state index is 4.32. The first-order chi connectivity index (χ1) is 10.2. The predicted molar refractivity (Wildman–Crippen MR) is 108 cm³/mol. The average molecular weight is 424 g/mol. The van der Waals surface area contributed by atoms with Gasteiger partial charge in [0.15, 0.2) is 5.96 Å². The first-order valence-electron chi connectivity index (χ1n) is 8.82. The molecule has 0 aromatic carbocycles. The highest BCUT2D eigenvalue weighted by molar-refractivity contribution is 14.0. The Morgan fingerprint density at radius 3 is 2.68 bits per heavy atom. The molecule has 1 saturated heterocycles. The van der Waals surface area contributed by atoms with Crippen molar-refractivity contribution in [1.82, 2.24) is 15.5 Å². The van der Waals surface area contributed by atoms with Crippen LogP contribution in [-0.4, -0.2) is 50.6 Å². The van der Waals surface area contributed by atoms with Gasteiger partial charge in [0.2, 0.25) is 0 Å². The van der Waals surface area contributed by atoms with Gasteiger partial charge in [-0.3, -0.25) is 4.99 Å². The zero-order chi connectivity index (χ0) is 15.5. The van der Waals surface area contributed by atoms with Gasteiger partial charge in [-0.15, -0.1) is 24.0 Å². The summed E-state index contributed by atoms with van der Waals surface area (Å²) in [4.78, 5) is 6.90. The average Bonchev–Trinajstić information content (AvgIpc) is 2.89. The molecule has 0 aliphatic carbocycles. The van der Waals surface area contributed by atoms with Gasteiger partial charge >= 0.3 is 0 Å². The molecule has 1 atom stereocenters. The molecular formula is C17H37IN4. The summed E-state index contributed by atoms with van der Waals surface area (Å²) in [5.74, 6) is 2.56. The molecule has 1 aliphatic heterocycles. The Bertz CT molecular complexity index is 294. The van der Waals surface area contributed by atoms with Crippen LogP contribution in [0.2, 0.25) is 0 Å². The molecule has 1 heterocycles. The zero-order valence-electron chi connectivity index (χ0n) is 15.0. The number of aliphatic imine (C=N–C) groups is 1. The topological polar surface area (TPSA) is 39.7 Å². The molecule has 1 aliphatic rings. The third kappa shape index (κ3) is 9.87. The molecule has 0 amide bonds. The first kappa shape index (κ1) is 22.0. The highest BCUT2D eigenvalue weighted by Gasteiger charge is 2.21. The van der Waals surface area contributed by atoms with Gasteiger partial charge in [-0.05, 0) is 44.2 Å². The number of nitrogens with one attached hydrogen (secondary N) is 2. The van der Waals surface area contributed by atoms with Crippen molar-refractivity contribution in [2.24, 2.45) is 16.8 Å². The second-order valence-electron chi connectivity index (χ2n) is 6.72. The zero-order valence-corrected chi connectivity index (χ0v) is 17.4. The fourth-order valence-electron chi connectivity index (χ4n) is 2.94. The molecule has 1 rings (SSSR count). The normalized spacial score (nSPS) is 19.3. The molecule has 0 aromatic heterocycles. The fourth-order valence-corrected chi connectivity index (χ4v) is 2.94. The Morgan fingerprint density at radius 2 is 2.05 bits per heavy atom. The Morgan fingerprint density at radius 1 is 1.27 bits per heavy atom. The van der Waals surface area contributed by atoms with E-state index in [2.05, 4.69) is 41.3 Å². The van der Waals surface area contributed by atoms with Crippen LogP contribution in [0, 0.1) is 11.8 Å². The fraction of sp³-hybridized carbons (Fsp3) is 0.941. The Kier molecular flexibility index (Phi) is 13.4. The van der Waals surface area contributed by atoms with Gasteiger partial charge in [-0.25, -0.2) is 0 Å². The van der Waals surface area contributed by atoms with E-state index in [9.17, 15) is 0 Å². The number of guanidine groups is 1. The summed E-state index contributed by atoms with van der Waals surface area (Å²) in [5.41, 5.74) is 0. The van der Waals surface area contributed by atoms with Crippen LogP contribution in [0.5, 0.6) is 0 Å². The number of nitrogens with zero attached hydrogens (tertiary/aromatic N) is 2. The maximum Gasteiger partial charge on any atom is 0.190 e. The third-order valence-electron chi connectivity index (χ3n) is 4.19. The molecule has 4 nitrogen and oxygen atoms in total. The lowest BCUT2D eigenvalue weighted by atomic mass is 10.1. The number of hydrogen-bond donors (Lipinski definition) is 2. The van der Waals surface area contributed by atoms with Crippen LogP contribution in [0.15, 0.2) is 4.99 Å². The number of halogens is 1. The van der Waals surface area contributed by atoms with E-state index in [0.29, 0.717) is 0 Å². The summed E-state index contributed by atoms with van der Waals surface area (Å²) in [6.45, 7) is 12.7. The van der Waals surface area contributed by atoms with E-state index in [1.54, 1.807) is 0 Å². The molecular weight excluding hydrogens is 387 g/mol. The quantitative estimate of drug-likeness (QED) is 0.258.